The van der Waals surface area contributed by atoms with Crippen molar-refractivity contribution < 1.29 is 9.50 Å². The van der Waals surface area contributed by atoms with E-state index < -0.39 is 17.1 Å². The monoisotopic (exact) mass is 387 g/mol. The molecule has 3 rings (SSSR count). The molecule has 0 amide bonds. The Hall–Kier alpha value is -3.19. The number of nitrogens with zero attached hydrogens (tertiary/aromatic N) is 2. The van der Waals surface area contributed by atoms with Crippen LogP contribution in [0.2, 0.25) is 5.02 Å². The Kier molecular flexibility index (Phi) is 5.23. The molecule has 0 fully saturated rings. The summed E-state index contributed by atoms with van der Waals surface area (Å²) in [5.41, 5.74) is -0.339. The summed E-state index contributed by atoms with van der Waals surface area (Å²) in [6, 6.07) is 12.0. The third-order valence-electron chi connectivity index (χ3n) is 3.94. The van der Waals surface area contributed by atoms with E-state index in [2.05, 4.69) is 9.98 Å². The molecule has 0 spiro atoms. The zero-order chi connectivity index (χ0) is 19.6. The van der Waals surface area contributed by atoms with Gasteiger partial charge in [-0.2, -0.15) is 0 Å². The third kappa shape index (κ3) is 3.98. The molecule has 1 aromatic heterocycles. The van der Waals surface area contributed by atoms with Crippen LogP contribution in [0.25, 0.3) is 5.69 Å². The first-order valence-electron chi connectivity index (χ1n) is 7.97. The van der Waals surface area contributed by atoms with Crippen molar-refractivity contribution in [1.82, 2.24) is 9.55 Å². The molecule has 3 aromatic rings. The minimum absolute atomic E-state index is 0.119. The van der Waals surface area contributed by atoms with Crippen molar-refractivity contribution in [1.29, 1.82) is 0 Å². The van der Waals surface area contributed by atoms with E-state index in [1.165, 1.54) is 24.3 Å². The van der Waals surface area contributed by atoms with E-state index in [4.69, 9.17) is 11.6 Å². The van der Waals surface area contributed by atoms with Crippen LogP contribution in [0.3, 0.4) is 0 Å². The molecule has 0 radical (unpaired) electrons. The highest BCUT2D eigenvalue weighted by Gasteiger charge is 2.17. The fourth-order valence-corrected chi connectivity index (χ4v) is 2.69. The lowest BCUT2D eigenvalue weighted by Crippen LogP contribution is -2.32. The molecule has 0 atom stereocenters. The molecule has 2 N–H and O–H groups in total. The maximum absolute atomic E-state index is 13.0. The lowest BCUT2D eigenvalue weighted by molar-refractivity contribution is 0.429. The predicted molar refractivity (Wildman–Crippen MR) is 102 cm³/mol. The molecular formula is C19H15ClFN3O3. The van der Waals surface area contributed by atoms with Crippen molar-refractivity contribution in [3.63, 3.8) is 0 Å². The van der Waals surface area contributed by atoms with Gasteiger partial charge in [-0.05, 0) is 48.9 Å². The lowest BCUT2D eigenvalue weighted by Gasteiger charge is -2.11. The Morgan fingerprint density at radius 2 is 1.78 bits per heavy atom. The summed E-state index contributed by atoms with van der Waals surface area (Å²) < 4.78 is 13.9. The number of nitrogens with one attached hydrogen (secondary N) is 1. The maximum Gasteiger partial charge on any atom is 0.335 e. The topological polar surface area (TPSA) is 87.4 Å². The number of halogens is 2. The van der Waals surface area contributed by atoms with Gasteiger partial charge in [-0.1, -0.05) is 23.7 Å². The van der Waals surface area contributed by atoms with Gasteiger partial charge in [-0.15, -0.1) is 0 Å². The highest BCUT2D eigenvalue weighted by Crippen LogP contribution is 2.19. The molecule has 0 saturated carbocycles. The van der Waals surface area contributed by atoms with Crippen LogP contribution in [-0.4, -0.2) is 20.4 Å². The molecule has 2 aromatic carbocycles. The van der Waals surface area contributed by atoms with Gasteiger partial charge in [-0.25, -0.2) is 13.8 Å². The highest BCUT2D eigenvalue weighted by atomic mass is 35.5. The van der Waals surface area contributed by atoms with Gasteiger partial charge in [0.25, 0.3) is 5.56 Å². The van der Waals surface area contributed by atoms with Crippen molar-refractivity contribution in [2.24, 2.45) is 4.99 Å². The van der Waals surface area contributed by atoms with Gasteiger partial charge in [0.05, 0.1) is 17.9 Å². The average Bonchev–Trinajstić information content (AvgIpc) is 2.62. The molecule has 8 heteroatoms. The first-order valence-corrected chi connectivity index (χ1v) is 8.34. The van der Waals surface area contributed by atoms with Gasteiger partial charge in [0.2, 0.25) is 5.88 Å². The first-order chi connectivity index (χ1) is 12.9. The number of aliphatic imine (C=N–C) groups is 1. The Balaban J connectivity index is 2.04. The number of hydrogen-bond donors (Lipinski definition) is 2. The molecule has 0 aliphatic rings. The van der Waals surface area contributed by atoms with E-state index >= 15 is 0 Å². The fraction of sp³-hybridized carbons (Fsp3) is 0.105. The molecule has 0 saturated heterocycles. The average molecular weight is 388 g/mol. The molecule has 0 aliphatic carbocycles. The van der Waals surface area contributed by atoms with Gasteiger partial charge in [0.15, 0.2) is 0 Å². The van der Waals surface area contributed by atoms with E-state index in [9.17, 15) is 19.1 Å². The van der Waals surface area contributed by atoms with Crippen LogP contribution in [0, 0.1) is 5.82 Å². The zero-order valence-corrected chi connectivity index (χ0v) is 15.0. The maximum atomic E-state index is 13.0. The lowest BCUT2D eigenvalue weighted by atomic mass is 10.2. The van der Waals surface area contributed by atoms with Crippen molar-refractivity contribution in [2.75, 3.05) is 0 Å². The summed E-state index contributed by atoms with van der Waals surface area (Å²) in [6.45, 7) is 1.73. The largest absolute Gasteiger partial charge is 0.493 e. The van der Waals surface area contributed by atoms with E-state index in [0.717, 1.165) is 10.1 Å². The van der Waals surface area contributed by atoms with Gasteiger partial charge in [0.1, 0.15) is 11.4 Å². The summed E-state index contributed by atoms with van der Waals surface area (Å²) in [5, 5.41) is 11.0. The standard InChI is InChI=1S/C19H15ClFN3O3/c1-11(22-10-12-2-6-14(21)7-3-12)16-17(25)23-19(27)24(18(16)26)15-8-4-13(20)5-9-15/h2-9,26H,10H2,1H3,(H,23,25,27). The van der Waals surface area contributed by atoms with Crippen molar-refractivity contribution >= 4 is 17.3 Å². The Morgan fingerprint density at radius 3 is 2.41 bits per heavy atom. The van der Waals surface area contributed by atoms with Crippen LogP contribution in [0.5, 0.6) is 5.88 Å². The number of H-pyrrole nitrogens is 1. The molecule has 0 bridgehead atoms. The van der Waals surface area contributed by atoms with Crippen LogP contribution >= 0.6 is 11.6 Å². The Morgan fingerprint density at radius 1 is 1.15 bits per heavy atom. The molecular weight excluding hydrogens is 373 g/mol. The van der Waals surface area contributed by atoms with Gasteiger partial charge in [-0.3, -0.25) is 14.8 Å². The fourth-order valence-electron chi connectivity index (χ4n) is 2.56. The third-order valence-corrected chi connectivity index (χ3v) is 4.20. The number of aromatic nitrogens is 2. The van der Waals surface area contributed by atoms with Crippen LogP contribution < -0.4 is 11.2 Å². The highest BCUT2D eigenvalue weighted by molar-refractivity contribution is 6.30. The van der Waals surface area contributed by atoms with Crippen molar-refractivity contribution in [3.05, 3.63) is 91.3 Å². The second-order valence-corrected chi connectivity index (χ2v) is 6.23. The van der Waals surface area contributed by atoms with Crippen LogP contribution in [0.15, 0.2) is 63.1 Å². The first kappa shape index (κ1) is 18.6. The van der Waals surface area contributed by atoms with E-state index in [-0.39, 0.29) is 23.6 Å². The number of aromatic hydroxyl groups is 1. The second-order valence-electron chi connectivity index (χ2n) is 5.80. The van der Waals surface area contributed by atoms with E-state index in [1.54, 1.807) is 31.2 Å². The summed E-state index contributed by atoms with van der Waals surface area (Å²) in [6.07, 6.45) is 0. The van der Waals surface area contributed by atoms with Gasteiger partial charge < -0.3 is 5.11 Å². The summed E-state index contributed by atoms with van der Waals surface area (Å²) in [5.74, 6) is -0.880. The normalized spacial score (nSPS) is 11.6. The van der Waals surface area contributed by atoms with E-state index in [0.29, 0.717) is 10.7 Å². The van der Waals surface area contributed by atoms with Crippen LogP contribution in [-0.2, 0) is 6.54 Å². The minimum Gasteiger partial charge on any atom is -0.493 e. The molecule has 1 heterocycles. The predicted octanol–water partition coefficient (Wildman–Crippen LogP) is 3.03. The molecule has 0 unspecified atom stereocenters. The van der Waals surface area contributed by atoms with Crippen LogP contribution in [0.1, 0.15) is 18.1 Å². The molecule has 27 heavy (non-hydrogen) atoms. The number of benzene rings is 2. The minimum atomic E-state index is -0.782. The molecule has 0 aliphatic heterocycles. The van der Waals surface area contributed by atoms with Crippen molar-refractivity contribution in [2.45, 2.75) is 13.5 Å². The van der Waals surface area contributed by atoms with Crippen LogP contribution in [0.4, 0.5) is 4.39 Å². The smallest absolute Gasteiger partial charge is 0.335 e. The Labute approximate surface area is 158 Å². The van der Waals surface area contributed by atoms with E-state index in [1.807, 2.05) is 0 Å². The summed E-state index contributed by atoms with van der Waals surface area (Å²) in [7, 11) is 0. The number of rotatable bonds is 4. The molecule has 6 nitrogen and oxygen atoms in total. The SMILES string of the molecule is CC(=NCc1ccc(F)cc1)c1c(O)n(-c2ccc(Cl)cc2)c(=O)[nH]c1=O. The van der Waals surface area contributed by atoms with Gasteiger partial charge in [0, 0.05) is 5.02 Å². The number of aromatic amines is 1. The van der Waals surface area contributed by atoms with Gasteiger partial charge >= 0.3 is 5.69 Å². The second kappa shape index (κ2) is 7.59. The zero-order valence-electron chi connectivity index (χ0n) is 14.2. The number of hydrogen-bond acceptors (Lipinski definition) is 4. The van der Waals surface area contributed by atoms with Crippen molar-refractivity contribution in [3.8, 4) is 11.6 Å². The molecule has 138 valence electrons. The Bertz CT molecular complexity index is 1120. The quantitative estimate of drug-likeness (QED) is 0.674. The summed E-state index contributed by atoms with van der Waals surface area (Å²) in [4.78, 5) is 30.8. The summed E-state index contributed by atoms with van der Waals surface area (Å²) >= 11 is 5.84.